The summed E-state index contributed by atoms with van der Waals surface area (Å²) in [6.45, 7) is 9.33. The van der Waals surface area contributed by atoms with Gasteiger partial charge >= 0.3 is 5.97 Å². The Morgan fingerprint density at radius 3 is 2.29 bits per heavy atom. The van der Waals surface area contributed by atoms with Crippen molar-refractivity contribution in [2.24, 2.45) is 11.3 Å². The lowest BCUT2D eigenvalue weighted by Crippen LogP contribution is -2.43. The molecule has 2 aromatic rings. The molecule has 0 radical (unpaired) electrons. The molecule has 0 saturated carbocycles. The molecule has 2 rings (SSSR count). The largest absolute Gasteiger partial charge is 0.478 e. The third kappa shape index (κ3) is 8.42. The highest BCUT2D eigenvalue weighted by atomic mass is 32.1. The number of carbonyl (C=O) groups excluding carboxylic acids is 2. The average Bonchev–Trinajstić information content (AvgIpc) is 2.81. The first-order chi connectivity index (χ1) is 16.6. The first-order valence-corrected chi connectivity index (χ1v) is 12.8. The van der Waals surface area contributed by atoms with E-state index in [1.165, 1.54) is 0 Å². The fourth-order valence-corrected chi connectivity index (χ4v) is 4.61. The maximum atomic E-state index is 12.9. The van der Waals surface area contributed by atoms with Crippen LogP contribution in [0.5, 0.6) is 0 Å². The topological polar surface area (TPSA) is 86.7 Å². The highest BCUT2D eigenvalue weighted by Gasteiger charge is 2.29. The van der Waals surface area contributed by atoms with E-state index in [0.29, 0.717) is 37.4 Å². The van der Waals surface area contributed by atoms with Crippen molar-refractivity contribution in [2.75, 3.05) is 18.8 Å². The van der Waals surface area contributed by atoms with Crippen LogP contribution in [0.1, 0.15) is 62.9 Å². The quantitative estimate of drug-likeness (QED) is 0.348. The van der Waals surface area contributed by atoms with E-state index < -0.39 is 5.97 Å². The number of nitrogens with one attached hydrogen (secondary N) is 1. The van der Waals surface area contributed by atoms with Crippen LogP contribution in [-0.4, -0.2) is 46.6 Å². The first-order valence-electron chi connectivity index (χ1n) is 12.2. The van der Waals surface area contributed by atoms with Crippen LogP contribution < -0.4 is 5.32 Å². The third-order valence-electron chi connectivity index (χ3n) is 6.12. The van der Waals surface area contributed by atoms with Crippen molar-refractivity contribution >= 4 is 30.4 Å². The molecule has 0 fully saturated rings. The van der Waals surface area contributed by atoms with Crippen molar-refractivity contribution in [1.29, 1.82) is 0 Å². The normalized spacial score (nSPS) is 12.1. The van der Waals surface area contributed by atoms with Gasteiger partial charge in [-0.3, -0.25) is 9.59 Å². The molecule has 6 nitrogen and oxygen atoms in total. The smallest absolute Gasteiger partial charge is 0.336 e. The molecule has 2 N–H and O–H groups in total. The fraction of sp³-hybridized carbons (Fsp3) is 0.464. The summed E-state index contributed by atoms with van der Waals surface area (Å²) in [6, 6.07) is 14.5. The van der Waals surface area contributed by atoms with E-state index in [1.807, 2.05) is 51.1 Å². The molecule has 35 heavy (non-hydrogen) atoms. The van der Waals surface area contributed by atoms with E-state index in [1.54, 1.807) is 23.1 Å². The Balaban J connectivity index is 2.11. The highest BCUT2D eigenvalue weighted by Crippen LogP contribution is 2.27. The lowest BCUT2D eigenvalue weighted by Gasteiger charge is -2.29. The maximum Gasteiger partial charge on any atom is 0.336 e. The standard InChI is InChI=1S/C28H38N2O4S/c1-5-6-11-25(31)30(17-16-29-26(32)24(19-35)28(2,3)4)18-20-12-14-21(15-13-20)22-9-7-8-10-23(22)27(33)34/h7-10,12-15,24,35H,5-6,11,16-19H2,1-4H3,(H,29,32)(H,33,34). The molecule has 1 atom stereocenters. The number of hydrogen-bond donors (Lipinski definition) is 3. The zero-order chi connectivity index (χ0) is 26.0. The van der Waals surface area contributed by atoms with E-state index >= 15 is 0 Å². The third-order valence-corrected chi connectivity index (χ3v) is 6.48. The number of carboxylic acid groups (broad SMARTS) is 1. The van der Waals surface area contributed by atoms with Crippen LogP contribution >= 0.6 is 12.6 Å². The molecule has 190 valence electrons. The number of nitrogens with zero attached hydrogens (tertiary/aromatic N) is 1. The summed E-state index contributed by atoms with van der Waals surface area (Å²) in [5, 5.41) is 12.4. The molecular formula is C28H38N2O4S. The van der Waals surface area contributed by atoms with E-state index in [4.69, 9.17) is 0 Å². The SMILES string of the molecule is CCCCC(=O)N(CCNC(=O)C(CS)C(C)(C)C)Cc1ccc(-c2ccccc2C(=O)O)cc1. The summed E-state index contributed by atoms with van der Waals surface area (Å²) >= 11 is 4.34. The number of thiol groups is 1. The average molecular weight is 499 g/mol. The molecule has 2 aromatic carbocycles. The van der Waals surface area contributed by atoms with Gasteiger partial charge in [-0.25, -0.2) is 4.79 Å². The molecule has 0 spiro atoms. The van der Waals surface area contributed by atoms with Crippen LogP contribution in [-0.2, 0) is 16.1 Å². The van der Waals surface area contributed by atoms with Gasteiger partial charge in [0.1, 0.15) is 0 Å². The van der Waals surface area contributed by atoms with E-state index in [2.05, 4.69) is 24.9 Å². The second-order valence-corrected chi connectivity index (χ2v) is 10.2. The van der Waals surface area contributed by atoms with Gasteiger partial charge in [0.05, 0.1) is 11.5 Å². The molecule has 0 aliphatic heterocycles. The summed E-state index contributed by atoms with van der Waals surface area (Å²) < 4.78 is 0. The number of aromatic carboxylic acids is 1. The Hall–Kier alpha value is -2.80. The van der Waals surface area contributed by atoms with Gasteiger partial charge in [0.2, 0.25) is 11.8 Å². The number of unbranched alkanes of at least 4 members (excludes halogenated alkanes) is 1. The predicted octanol–water partition coefficient (Wildman–Crippen LogP) is 5.28. The van der Waals surface area contributed by atoms with Gasteiger partial charge in [-0.05, 0) is 34.6 Å². The molecule has 7 heteroatoms. The molecule has 0 aromatic heterocycles. The van der Waals surface area contributed by atoms with Gasteiger partial charge in [-0.2, -0.15) is 12.6 Å². The van der Waals surface area contributed by atoms with Crippen LogP contribution in [0.15, 0.2) is 48.5 Å². The highest BCUT2D eigenvalue weighted by molar-refractivity contribution is 7.80. The van der Waals surface area contributed by atoms with Crippen LogP contribution in [0.4, 0.5) is 0 Å². The van der Waals surface area contributed by atoms with Crippen molar-refractivity contribution in [3.05, 3.63) is 59.7 Å². The van der Waals surface area contributed by atoms with E-state index in [9.17, 15) is 19.5 Å². The molecule has 0 bridgehead atoms. The van der Waals surface area contributed by atoms with Gasteiger partial charge in [0.25, 0.3) is 0 Å². The predicted molar refractivity (Wildman–Crippen MR) is 144 cm³/mol. The number of benzene rings is 2. The lowest BCUT2D eigenvalue weighted by molar-refractivity contribution is -0.133. The summed E-state index contributed by atoms with van der Waals surface area (Å²) in [6.07, 6.45) is 2.22. The molecule has 1 unspecified atom stereocenters. The molecule has 0 saturated heterocycles. The van der Waals surface area contributed by atoms with Crippen LogP contribution in [0.3, 0.4) is 0 Å². The molecule has 0 aliphatic carbocycles. The zero-order valence-electron chi connectivity index (χ0n) is 21.2. The Labute approximate surface area is 214 Å². The maximum absolute atomic E-state index is 12.9. The zero-order valence-corrected chi connectivity index (χ0v) is 22.1. The number of amides is 2. The van der Waals surface area contributed by atoms with Gasteiger partial charge in [-0.1, -0.05) is 76.6 Å². The summed E-state index contributed by atoms with van der Waals surface area (Å²) in [7, 11) is 0. The Bertz CT molecular complexity index is 999. The fourth-order valence-electron chi connectivity index (χ4n) is 3.90. The number of rotatable bonds is 12. The number of hydrogen-bond acceptors (Lipinski definition) is 4. The van der Waals surface area contributed by atoms with Crippen molar-refractivity contribution in [2.45, 2.75) is 53.5 Å². The summed E-state index contributed by atoms with van der Waals surface area (Å²) in [5.74, 6) is -0.702. The van der Waals surface area contributed by atoms with Crippen molar-refractivity contribution in [1.82, 2.24) is 10.2 Å². The van der Waals surface area contributed by atoms with E-state index in [0.717, 1.165) is 24.0 Å². The minimum atomic E-state index is -0.967. The summed E-state index contributed by atoms with van der Waals surface area (Å²) in [5.41, 5.74) is 2.47. The minimum Gasteiger partial charge on any atom is -0.478 e. The number of carbonyl (C=O) groups is 3. The van der Waals surface area contributed by atoms with Crippen LogP contribution in [0, 0.1) is 11.3 Å². The lowest BCUT2D eigenvalue weighted by atomic mass is 9.81. The van der Waals surface area contributed by atoms with Gasteiger partial charge < -0.3 is 15.3 Å². The first kappa shape index (κ1) is 28.4. The molecule has 2 amide bonds. The van der Waals surface area contributed by atoms with Gasteiger partial charge in [0.15, 0.2) is 0 Å². The Morgan fingerprint density at radius 2 is 1.71 bits per heavy atom. The minimum absolute atomic E-state index is 0.0464. The second kappa shape index (κ2) is 13.3. The van der Waals surface area contributed by atoms with Crippen molar-refractivity contribution < 1.29 is 19.5 Å². The second-order valence-electron chi connectivity index (χ2n) is 9.86. The molecular weight excluding hydrogens is 460 g/mol. The summed E-state index contributed by atoms with van der Waals surface area (Å²) in [4.78, 5) is 38.9. The van der Waals surface area contributed by atoms with Crippen LogP contribution in [0.2, 0.25) is 0 Å². The van der Waals surface area contributed by atoms with Gasteiger partial charge in [0, 0.05) is 31.8 Å². The van der Waals surface area contributed by atoms with Crippen molar-refractivity contribution in [3.63, 3.8) is 0 Å². The van der Waals surface area contributed by atoms with Crippen LogP contribution in [0.25, 0.3) is 11.1 Å². The van der Waals surface area contributed by atoms with Crippen molar-refractivity contribution in [3.8, 4) is 11.1 Å². The molecule has 0 aliphatic rings. The molecule has 0 heterocycles. The number of carboxylic acids is 1. The Morgan fingerprint density at radius 1 is 1.06 bits per heavy atom. The van der Waals surface area contributed by atoms with E-state index in [-0.39, 0.29) is 28.7 Å². The Kier molecular flexibility index (Phi) is 10.8. The monoisotopic (exact) mass is 498 g/mol. The van der Waals surface area contributed by atoms with Gasteiger partial charge in [-0.15, -0.1) is 0 Å².